The number of carbonyl (C=O) groups excluding carboxylic acids is 1. The van der Waals surface area contributed by atoms with E-state index in [-0.39, 0.29) is 17.7 Å². The second-order valence-corrected chi connectivity index (χ2v) is 7.81. The van der Waals surface area contributed by atoms with Crippen LogP contribution in [0.25, 0.3) is 0 Å². The third-order valence-corrected chi connectivity index (χ3v) is 5.63. The molecule has 1 saturated heterocycles. The van der Waals surface area contributed by atoms with Gasteiger partial charge in [0.05, 0.1) is 5.75 Å². The molecule has 1 amide bonds. The molecule has 0 aromatic heterocycles. The Morgan fingerprint density at radius 3 is 2.55 bits per heavy atom. The molecule has 1 aromatic carbocycles. The first kappa shape index (κ1) is 17.0. The predicted molar refractivity (Wildman–Crippen MR) is 87.4 cm³/mol. The van der Waals surface area contributed by atoms with Gasteiger partial charge in [-0.25, -0.2) is 13.1 Å². The maximum atomic E-state index is 12.7. The summed E-state index contributed by atoms with van der Waals surface area (Å²) in [6.45, 7) is 6.72. The van der Waals surface area contributed by atoms with Crippen LogP contribution >= 0.6 is 0 Å². The summed E-state index contributed by atoms with van der Waals surface area (Å²) in [5.41, 5.74) is 2.65. The Kier molecular flexibility index (Phi) is 5.24. The van der Waals surface area contributed by atoms with E-state index >= 15 is 0 Å². The van der Waals surface area contributed by atoms with Crippen LogP contribution in [-0.2, 0) is 10.0 Å². The monoisotopic (exact) mass is 324 g/mol. The van der Waals surface area contributed by atoms with Crippen molar-refractivity contribution in [2.24, 2.45) is 0 Å². The van der Waals surface area contributed by atoms with Crippen molar-refractivity contribution in [3.63, 3.8) is 0 Å². The Morgan fingerprint density at radius 2 is 1.95 bits per heavy atom. The summed E-state index contributed by atoms with van der Waals surface area (Å²) in [4.78, 5) is 14.4. The molecule has 1 N–H and O–H groups in total. The molecule has 6 heteroatoms. The van der Waals surface area contributed by atoms with Gasteiger partial charge < -0.3 is 4.90 Å². The van der Waals surface area contributed by atoms with Crippen LogP contribution in [0.2, 0.25) is 0 Å². The lowest BCUT2D eigenvalue weighted by atomic mass is 10.0. The molecule has 0 aliphatic carbocycles. The van der Waals surface area contributed by atoms with Crippen LogP contribution in [0.1, 0.15) is 41.3 Å². The van der Waals surface area contributed by atoms with E-state index in [0.29, 0.717) is 25.9 Å². The molecule has 1 atom stereocenters. The highest BCUT2D eigenvalue weighted by molar-refractivity contribution is 7.89. The van der Waals surface area contributed by atoms with E-state index in [4.69, 9.17) is 0 Å². The number of rotatable bonds is 5. The molecule has 1 heterocycles. The van der Waals surface area contributed by atoms with Crippen LogP contribution in [0, 0.1) is 13.8 Å². The van der Waals surface area contributed by atoms with Crippen LogP contribution in [0.3, 0.4) is 0 Å². The quantitative estimate of drug-likeness (QED) is 0.899. The standard InChI is InChI=1S/C16H24N2O3S/c1-4-10-22(20,21)17-14-8-9-18(11-14)16(19)15-12(2)6-5-7-13(15)3/h5-7,14,17H,4,8-11H2,1-3H3/t14-/m0/s1. The van der Waals surface area contributed by atoms with Crippen molar-refractivity contribution in [3.8, 4) is 0 Å². The molecule has 0 saturated carbocycles. The third-order valence-electron chi connectivity index (χ3n) is 3.99. The summed E-state index contributed by atoms with van der Waals surface area (Å²) < 4.78 is 26.4. The van der Waals surface area contributed by atoms with Crippen molar-refractivity contribution in [1.82, 2.24) is 9.62 Å². The van der Waals surface area contributed by atoms with Crippen molar-refractivity contribution in [2.75, 3.05) is 18.8 Å². The Labute approximate surface area is 132 Å². The molecular formula is C16H24N2O3S. The highest BCUT2D eigenvalue weighted by atomic mass is 32.2. The van der Waals surface area contributed by atoms with Gasteiger partial charge >= 0.3 is 0 Å². The molecular weight excluding hydrogens is 300 g/mol. The Hall–Kier alpha value is -1.40. The number of amides is 1. The van der Waals surface area contributed by atoms with Gasteiger partial charge in [0.2, 0.25) is 10.0 Å². The molecule has 1 aliphatic heterocycles. The van der Waals surface area contributed by atoms with E-state index in [2.05, 4.69) is 4.72 Å². The van der Waals surface area contributed by atoms with Crippen molar-refractivity contribution in [2.45, 2.75) is 39.7 Å². The van der Waals surface area contributed by atoms with Crippen molar-refractivity contribution < 1.29 is 13.2 Å². The van der Waals surface area contributed by atoms with E-state index in [9.17, 15) is 13.2 Å². The minimum absolute atomic E-state index is 0.00668. The summed E-state index contributed by atoms with van der Waals surface area (Å²) >= 11 is 0. The average Bonchev–Trinajstić information content (AvgIpc) is 2.85. The minimum atomic E-state index is -3.23. The van der Waals surface area contributed by atoms with E-state index < -0.39 is 10.0 Å². The Balaban J connectivity index is 2.06. The smallest absolute Gasteiger partial charge is 0.254 e. The average molecular weight is 324 g/mol. The second-order valence-electron chi connectivity index (χ2n) is 5.94. The molecule has 0 bridgehead atoms. The summed E-state index contributed by atoms with van der Waals surface area (Å²) in [5.74, 6) is 0.127. The maximum Gasteiger partial charge on any atom is 0.254 e. The number of nitrogens with zero attached hydrogens (tertiary/aromatic N) is 1. The zero-order valence-corrected chi connectivity index (χ0v) is 14.2. The van der Waals surface area contributed by atoms with E-state index in [1.807, 2.05) is 39.0 Å². The predicted octanol–water partition coefficient (Wildman–Crippen LogP) is 1.85. The maximum absolute atomic E-state index is 12.7. The fourth-order valence-corrected chi connectivity index (χ4v) is 4.29. The van der Waals surface area contributed by atoms with Crippen LogP contribution in [0.15, 0.2) is 18.2 Å². The van der Waals surface area contributed by atoms with Crippen LogP contribution in [0.5, 0.6) is 0 Å². The fraction of sp³-hybridized carbons (Fsp3) is 0.562. The number of hydrogen-bond donors (Lipinski definition) is 1. The van der Waals surface area contributed by atoms with Gasteiger partial charge in [-0.2, -0.15) is 0 Å². The molecule has 1 aromatic rings. The van der Waals surface area contributed by atoms with Crippen molar-refractivity contribution >= 4 is 15.9 Å². The lowest BCUT2D eigenvalue weighted by Gasteiger charge is -2.19. The molecule has 0 unspecified atom stereocenters. The van der Waals surface area contributed by atoms with Crippen LogP contribution < -0.4 is 4.72 Å². The zero-order chi connectivity index (χ0) is 16.3. The number of benzene rings is 1. The molecule has 2 rings (SSSR count). The van der Waals surface area contributed by atoms with E-state index in [1.54, 1.807) is 4.90 Å². The first-order valence-corrected chi connectivity index (χ1v) is 9.34. The summed E-state index contributed by atoms with van der Waals surface area (Å²) in [6.07, 6.45) is 1.26. The zero-order valence-electron chi connectivity index (χ0n) is 13.4. The number of hydrogen-bond acceptors (Lipinski definition) is 3. The summed E-state index contributed by atoms with van der Waals surface area (Å²) in [6, 6.07) is 5.62. The summed E-state index contributed by atoms with van der Waals surface area (Å²) in [7, 11) is -3.23. The van der Waals surface area contributed by atoms with Gasteiger partial charge in [-0.3, -0.25) is 4.79 Å². The molecule has 5 nitrogen and oxygen atoms in total. The van der Waals surface area contributed by atoms with Crippen molar-refractivity contribution in [3.05, 3.63) is 34.9 Å². The molecule has 1 aliphatic rings. The number of carbonyl (C=O) groups is 1. The van der Waals surface area contributed by atoms with Gasteiger partial charge in [0.25, 0.3) is 5.91 Å². The lowest BCUT2D eigenvalue weighted by Crippen LogP contribution is -2.39. The third kappa shape index (κ3) is 3.87. The van der Waals surface area contributed by atoms with Gasteiger partial charge in [-0.1, -0.05) is 25.1 Å². The molecule has 22 heavy (non-hydrogen) atoms. The second kappa shape index (κ2) is 6.79. The van der Waals surface area contributed by atoms with Crippen LogP contribution in [0.4, 0.5) is 0 Å². The molecule has 0 radical (unpaired) electrons. The Morgan fingerprint density at radius 1 is 1.32 bits per heavy atom. The lowest BCUT2D eigenvalue weighted by molar-refractivity contribution is 0.0788. The topological polar surface area (TPSA) is 66.5 Å². The highest BCUT2D eigenvalue weighted by Gasteiger charge is 2.30. The minimum Gasteiger partial charge on any atom is -0.337 e. The SMILES string of the molecule is CCCS(=O)(=O)N[C@H]1CCN(C(=O)c2c(C)cccc2C)C1. The molecule has 0 spiro atoms. The largest absolute Gasteiger partial charge is 0.337 e. The number of aryl methyl sites for hydroxylation is 2. The first-order chi connectivity index (χ1) is 10.3. The Bertz CT molecular complexity index is 635. The normalized spacial score (nSPS) is 18.7. The van der Waals surface area contributed by atoms with Gasteiger partial charge in [0.1, 0.15) is 0 Å². The molecule has 122 valence electrons. The number of nitrogens with one attached hydrogen (secondary N) is 1. The van der Waals surface area contributed by atoms with Crippen molar-refractivity contribution in [1.29, 1.82) is 0 Å². The van der Waals surface area contributed by atoms with Gasteiger partial charge in [0, 0.05) is 24.7 Å². The first-order valence-electron chi connectivity index (χ1n) is 7.69. The summed E-state index contributed by atoms with van der Waals surface area (Å²) in [5, 5.41) is 0. The van der Waals surface area contributed by atoms with Crippen LogP contribution in [-0.4, -0.2) is 44.1 Å². The number of sulfonamides is 1. The van der Waals surface area contributed by atoms with E-state index in [1.165, 1.54) is 0 Å². The van der Waals surface area contributed by atoms with Gasteiger partial charge in [-0.05, 0) is 37.8 Å². The van der Waals surface area contributed by atoms with Gasteiger partial charge in [-0.15, -0.1) is 0 Å². The molecule has 1 fully saturated rings. The van der Waals surface area contributed by atoms with E-state index in [0.717, 1.165) is 16.7 Å². The highest BCUT2D eigenvalue weighted by Crippen LogP contribution is 2.19. The fourth-order valence-electron chi connectivity index (χ4n) is 2.93. The number of likely N-dealkylation sites (tertiary alicyclic amines) is 1. The van der Waals surface area contributed by atoms with Gasteiger partial charge in [0.15, 0.2) is 0 Å².